The first kappa shape index (κ1) is 24.0. The summed E-state index contributed by atoms with van der Waals surface area (Å²) in [4.78, 5) is 29.6. The first-order chi connectivity index (χ1) is 18.5. The highest BCUT2D eigenvalue weighted by Crippen LogP contribution is 2.53. The molecule has 5 heteroatoms. The molecular formula is C33H39N3O2. The van der Waals surface area contributed by atoms with Gasteiger partial charge < -0.3 is 15.6 Å². The fourth-order valence-electron chi connectivity index (χ4n) is 8.57. The third-order valence-corrected chi connectivity index (χ3v) is 10.4. The van der Waals surface area contributed by atoms with Crippen molar-refractivity contribution in [3.05, 3.63) is 54.2 Å². The minimum absolute atomic E-state index is 0.0616. The van der Waals surface area contributed by atoms with Crippen LogP contribution < -0.4 is 10.6 Å². The summed E-state index contributed by atoms with van der Waals surface area (Å²) in [6.07, 6.45) is 13.1. The van der Waals surface area contributed by atoms with Crippen molar-refractivity contribution in [3.8, 4) is 11.1 Å². The molecule has 0 aliphatic heterocycles. The lowest BCUT2D eigenvalue weighted by atomic mass is 9.54. The Morgan fingerprint density at radius 2 is 1.58 bits per heavy atom. The van der Waals surface area contributed by atoms with Crippen LogP contribution in [0.1, 0.15) is 75.1 Å². The van der Waals surface area contributed by atoms with Crippen molar-refractivity contribution in [2.45, 2.75) is 70.8 Å². The maximum absolute atomic E-state index is 13.4. The second-order valence-electron chi connectivity index (χ2n) is 12.8. The minimum Gasteiger partial charge on any atom is -0.361 e. The molecule has 38 heavy (non-hydrogen) atoms. The molecule has 0 radical (unpaired) electrons. The van der Waals surface area contributed by atoms with E-state index in [2.05, 4.69) is 34.7 Å². The number of carbonyl (C=O) groups is 2. The van der Waals surface area contributed by atoms with Gasteiger partial charge in [-0.05, 0) is 110 Å². The molecule has 5 fully saturated rings. The van der Waals surface area contributed by atoms with Crippen LogP contribution in [0.25, 0.3) is 22.0 Å². The van der Waals surface area contributed by atoms with Crippen molar-refractivity contribution in [1.29, 1.82) is 0 Å². The number of rotatable bonds is 5. The Kier molecular flexibility index (Phi) is 6.05. The molecule has 2 amide bonds. The van der Waals surface area contributed by atoms with Crippen LogP contribution in [0.3, 0.4) is 0 Å². The molecule has 2 unspecified atom stereocenters. The second kappa shape index (κ2) is 9.59. The van der Waals surface area contributed by atoms with Crippen molar-refractivity contribution >= 4 is 28.4 Å². The molecule has 2 atom stereocenters. The Bertz CT molecular complexity index is 1330. The zero-order valence-corrected chi connectivity index (χ0v) is 22.3. The summed E-state index contributed by atoms with van der Waals surface area (Å²) in [5, 5.41) is 7.65. The molecule has 3 N–H and O–H groups in total. The summed E-state index contributed by atoms with van der Waals surface area (Å²) in [7, 11) is 0. The third-order valence-electron chi connectivity index (χ3n) is 10.4. The second-order valence-corrected chi connectivity index (χ2v) is 12.8. The summed E-state index contributed by atoms with van der Waals surface area (Å²) < 4.78 is 0. The number of fused-ring (bicyclic) bond motifs is 1. The average Bonchev–Trinajstić information content (AvgIpc) is 3.34. The molecule has 1 heterocycles. The van der Waals surface area contributed by atoms with Gasteiger partial charge in [0, 0.05) is 45.9 Å². The summed E-state index contributed by atoms with van der Waals surface area (Å²) in [6.45, 7) is 2.20. The lowest BCUT2D eigenvalue weighted by Gasteiger charge is -2.54. The van der Waals surface area contributed by atoms with E-state index in [1.165, 1.54) is 38.5 Å². The van der Waals surface area contributed by atoms with Crippen LogP contribution in [-0.4, -0.2) is 22.8 Å². The number of hydrogen-bond donors (Lipinski definition) is 3. The SMILES string of the molecule is CC1CCCCC1C(=O)Nc1ccc(-c2c[nH]c3ccc(C(=O)NC4C5CC6CC(C5)CC4C6)cc23)cc1. The third kappa shape index (κ3) is 4.34. The zero-order valence-electron chi connectivity index (χ0n) is 22.3. The number of nitrogens with one attached hydrogen (secondary N) is 3. The Morgan fingerprint density at radius 1 is 0.868 bits per heavy atom. The van der Waals surface area contributed by atoms with Gasteiger partial charge >= 0.3 is 0 Å². The molecule has 3 aromatic rings. The Morgan fingerprint density at radius 3 is 2.29 bits per heavy atom. The number of H-pyrrole nitrogens is 1. The summed E-state index contributed by atoms with van der Waals surface area (Å²) >= 11 is 0. The monoisotopic (exact) mass is 509 g/mol. The van der Waals surface area contributed by atoms with Gasteiger partial charge in [0.05, 0.1) is 0 Å². The maximum atomic E-state index is 13.4. The van der Waals surface area contributed by atoms with E-state index in [-0.39, 0.29) is 17.7 Å². The summed E-state index contributed by atoms with van der Waals surface area (Å²) in [5.74, 6) is 3.91. The predicted molar refractivity (Wildman–Crippen MR) is 152 cm³/mol. The van der Waals surface area contributed by atoms with E-state index in [1.807, 2.05) is 36.5 Å². The fraction of sp³-hybridized carbons (Fsp3) is 0.515. The van der Waals surface area contributed by atoms with Crippen LogP contribution in [0.4, 0.5) is 5.69 Å². The van der Waals surface area contributed by atoms with Crippen molar-refractivity contribution in [1.82, 2.24) is 10.3 Å². The van der Waals surface area contributed by atoms with E-state index in [1.54, 1.807) is 0 Å². The maximum Gasteiger partial charge on any atom is 0.251 e. The van der Waals surface area contributed by atoms with Gasteiger partial charge in [-0.1, -0.05) is 31.9 Å². The largest absolute Gasteiger partial charge is 0.361 e. The molecule has 198 valence electrons. The van der Waals surface area contributed by atoms with Crippen LogP contribution in [0.2, 0.25) is 0 Å². The van der Waals surface area contributed by atoms with E-state index in [4.69, 9.17) is 0 Å². The Balaban J connectivity index is 1.07. The van der Waals surface area contributed by atoms with E-state index in [0.29, 0.717) is 23.8 Å². The van der Waals surface area contributed by atoms with E-state index in [0.717, 1.165) is 64.4 Å². The first-order valence-corrected chi connectivity index (χ1v) is 14.8. The van der Waals surface area contributed by atoms with Crippen molar-refractivity contribution < 1.29 is 9.59 Å². The number of carbonyl (C=O) groups excluding carboxylic acids is 2. The molecule has 0 saturated heterocycles. The van der Waals surface area contributed by atoms with Crippen molar-refractivity contribution in [3.63, 3.8) is 0 Å². The molecule has 1 aromatic heterocycles. The Labute approximate surface area is 225 Å². The summed E-state index contributed by atoms with van der Waals surface area (Å²) in [6, 6.07) is 14.4. The molecule has 5 aliphatic rings. The van der Waals surface area contributed by atoms with Gasteiger partial charge in [0.2, 0.25) is 5.91 Å². The summed E-state index contributed by atoms with van der Waals surface area (Å²) in [5.41, 5.74) is 4.74. The molecule has 5 saturated carbocycles. The predicted octanol–water partition coefficient (Wildman–Crippen LogP) is 7.15. The van der Waals surface area contributed by atoms with E-state index >= 15 is 0 Å². The van der Waals surface area contributed by atoms with Crippen LogP contribution >= 0.6 is 0 Å². The Hall–Kier alpha value is -3.08. The van der Waals surface area contributed by atoms with Crippen LogP contribution in [0, 0.1) is 35.5 Å². The highest BCUT2D eigenvalue weighted by molar-refractivity contribution is 6.03. The highest BCUT2D eigenvalue weighted by atomic mass is 16.2. The standard InChI is InChI=1S/C33H39N3O2/c1-19-4-2-3-5-27(19)33(38)35-26-9-6-22(7-10-26)29-18-34-30-11-8-23(17-28(29)30)32(37)36-31-24-13-20-12-21(15-24)16-25(31)14-20/h6-11,17-21,24-25,27,31,34H,2-5,12-16H2,1H3,(H,35,38)(H,36,37). The average molecular weight is 510 g/mol. The molecule has 2 aromatic carbocycles. The quantitative estimate of drug-likeness (QED) is 0.342. The number of hydrogen-bond acceptors (Lipinski definition) is 2. The van der Waals surface area contributed by atoms with Crippen molar-refractivity contribution in [2.24, 2.45) is 35.5 Å². The normalized spacial score (nSPS) is 31.9. The van der Waals surface area contributed by atoms with Crippen LogP contribution in [0.5, 0.6) is 0 Å². The zero-order chi connectivity index (χ0) is 25.8. The molecular weight excluding hydrogens is 470 g/mol. The van der Waals surface area contributed by atoms with E-state index in [9.17, 15) is 9.59 Å². The first-order valence-electron chi connectivity index (χ1n) is 14.8. The molecule has 0 spiro atoms. The smallest absolute Gasteiger partial charge is 0.251 e. The lowest BCUT2D eigenvalue weighted by Crippen LogP contribution is -2.55. The van der Waals surface area contributed by atoms with Crippen molar-refractivity contribution in [2.75, 3.05) is 5.32 Å². The van der Waals surface area contributed by atoms with Gasteiger partial charge in [0.15, 0.2) is 0 Å². The highest BCUT2D eigenvalue weighted by Gasteiger charge is 2.48. The van der Waals surface area contributed by atoms with Gasteiger partial charge in [-0.2, -0.15) is 0 Å². The van der Waals surface area contributed by atoms with Gasteiger partial charge in [0.25, 0.3) is 5.91 Å². The number of aromatic amines is 1. The molecule has 5 nitrogen and oxygen atoms in total. The fourth-order valence-corrected chi connectivity index (χ4v) is 8.57. The number of amides is 2. The van der Waals surface area contributed by atoms with Gasteiger partial charge in [0.1, 0.15) is 0 Å². The van der Waals surface area contributed by atoms with Gasteiger partial charge in [-0.25, -0.2) is 0 Å². The van der Waals surface area contributed by atoms with Crippen LogP contribution in [0.15, 0.2) is 48.7 Å². The number of benzene rings is 2. The van der Waals surface area contributed by atoms with Gasteiger partial charge in [-0.3, -0.25) is 9.59 Å². The minimum atomic E-state index is 0.0616. The lowest BCUT2D eigenvalue weighted by molar-refractivity contribution is -0.122. The number of anilines is 1. The molecule has 8 rings (SSSR count). The topological polar surface area (TPSA) is 74.0 Å². The van der Waals surface area contributed by atoms with Crippen LogP contribution in [-0.2, 0) is 4.79 Å². The van der Waals surface area contributed by atoms with Gasteiger partial charge in [-0.15, -0.1) is 0 Å². The van der Waals surface area contributed by atoms with E-state index < -0.39 is 0 Å². The molecule has 5 aliphatic carbocycles. The number of aromatic nitrogens is 1. The molecule has 4 bridgehead atoms.